The second-order valence-electron chi connectivity index (χ2n) is 11.1. The molecule has 11 heteroatoms. The molecule has 9 nitrogen and oxygen atoms in total. The normalized spacial score (nSPS) is 13.9. The molecule has 0 heterocycles. The highest BCUT2D eigenvalue weighted by Crippen LogP contribution is 2.39. The average molecular weight is 613 g/mol. The molecule has 41 heavy (non-hydrogen) atoms. The molecule has 1 N–H and O–H groups in total. The van der Waals surface area contributed by atoms with Crippen molar-refractivity contribution in [1.29, 1.82) is 0 Å². The number of hydrogen-bond donors (Lipinski definition) is 1. The van der Waals surface area contributed by atoms with Gasteiger partial charge in [-0.2, -0.15) is 8.42 Å². The van der Waals surface area contributed by atoms with Gasteiger partial charge in [0.15, 0.2) is 5.60 Å². The van der Waals surface area contributed by atoms with Crippen LogP contribution in [0.2, 0.25) is 0 Å². The van der Waals surface area contributed by atoms with Gasteiger partial charge in [0.25, 0.3) is 10.1 Å². The van der Waals surface area contributed by atoms with Crippen LogP contribution in [0, 0.1) is 10.8 Å². The highest BCUT2D eigenvalue weighted by Gasteiger charge is 2.53. The average Bonchev–Trinajstić information content (AvgIpc) is 2.93. The minimum Gasteiger partial charge on any atom is -0.479 e. The SMILES string of the molecule is CC(C)(COCc1ccccc1)C(=O)OCC[C@](OCc1ccccc1)(C(=O)O)C(C)(C)COS(=O)(=O)CCCCl. The Morgan fingerprint density at radius 1 is 0.878 bits per heavy atom. The quantitative estimate of drug-likeness (QED) is 0.129. The molecule has 1 atom stereocenters. The van der Waals surface area contributed by atoms with Crippen molar-refractivity contribution in [1.82, 2.24) is 0 Å². The summed E-state index contributed by atoms with van der Waals surface area (Å²) in [5.41, 5.74) is -2.63. The number of alkyl halides is 1. The molecule has 0 aliphatic heterocycles. The second kappa shape index (κ2) is 15.7. The van der Waals surface area contributed by atoms with Crippen LogP contribution < -0.4 is 0 Å². The molecule has 228 valence electrons. The van der Waals surface area contributed by atoms with Crippen LogP contribution in [-0.4, -0.2) is 62.5 Å². The number of halogens is 1. The first-order chi connectivity index (χ1) is 19.2. The first-order valence-corrected chi connectivity index (χ1v) is 15.5. The van der Waals surface area contributed by atoms with Gasteiger partial charge in [0.05, 0.1) is 44.2 Å². The zero-order valence-corrected chi connectivity index (χ0v) is 25.7. The predicted molar refractivity (Wildman–Crippen MR) is 156 cm³/mol. The van der Waals surface area contributed by atoms with Crippen LogP contribution in [0.15, 0.2) is 60.7 Å². The Morgan fingerprint density at radius 3 is 1.98 bits per heavy atom. The molecule has 0 bridgehead atoms. The lowest BCUT2D eigenvalue weighted by Gasteiger charge is -2.42. The van der Waals surface area contributed by atoms with E-state index in [-0.39, 0.29) is 44.3 Å². The topological polar surface area (TPSA) is 125 Å². The molecule has 0 saturated carbocycles. The van der Waals surface area contributed by atoms with Crippen LogP contribution in [0.3, 0.4) is 0 Å². The van der Waals surface area contributed by atoms with Crippen LogP contribution in [-0.2, 0) is 51.3 Å². The van der Waals surface area contributed by atoms with E-state index in [0.29, 0.717) is 6.61 Å². The van der Waals surface area contributed by atoms with Crippen LogP contribution in [0.1, 0.15) is 51.7 Å². The summed E-state index contributed by atoms with van der Waals surface area (Å²) >= 11 is 5.62. The van der Waals surface area contributed by atoms with Crippen molar-refractivity contribution in [3.05, 3.63) is 71.8 Å². The van der Waals surface area contributed by atoms with Crippen molar-refractivity contribution in [2.75, 3.05) is 31.5 Å². The van der Waals surface area contributed by atoms with Crippen LogP contribution in [0.25, 0.3) is 0 Å². The number of carbonyl (C=O) groups excluding carboxylic acids is 1. The molecule has 0 aliphatic carbocycles. The van der Waals surface area contributed by atoms with Gasteiger partial charge in [-0.1, -0.05) is 74.5 Å². The summed E-state index contributed by atoms with van der Waals surface area (Å²) in [5, 5.41) is 10.4. The van der Waals surface area contributed by atoms with Gasteiger partial charge in [-0.3, -0.25) is 8.98 Å². The fraction of sp³-hybridized carbons (Fsp3) is 0.533. The number of carboxylic acid groups (broad SMARTS) is 1. The summed E-state index contributed by atoms with van der Waals surface area (Å²) in [7, 11) is -3.94. The number of rotatable bonds is 19. The largest absolute Gasteiger partial charge is 0.479 e. The number of benzene rings is 2. The third-order valence-electron chi connectivity index (χ3n) is 6.71. The monoisotopic (exact) mass is 612 g/mol. The van der Waals surface area contributed by atoms with Crippen LogP contribution in [0.4, 0.5) is 0 Å². The minimum absolute atomic E-state index is 0.0671. The van der Waals surface area contributed by atoms with Crippen molar-refractivity contribution >= 4 is 33.7 Å². The summed E-state index contributed by atoms with van der Waals surface area (Å²) < 4.78 is 47.2. The Bertz CT molecular complexity index is 1200. The van der Waals surface area contributed by atoms with E-state index in [0.717, 1.165) is 11.1 Å². The maximum absolute atomic E-state index is 12.9. The predicted octanol–water partition coefficient (Wildman–Crippen LogP) is 5.20. The summed E-state index contributed by atoms with van der Waals surface area (Å²) in [6.45, 7) is 6.06. The van der Waals surface area contributed by atoms with E-state index in [4.69, 9.17) is 30.0 Å². The Balaban J connectivity index is 2.15. The van der Waals surface area contributed by atoms with Gasteiger partial charge in [0.2, 0.25) is 0 Å². The molecule has 0 unspecified atom stereocenters. The first kappa shape index (κ1) is 34.7. The smallest absolute Gasteiger partial charge is 0.336 e. The molecule has 0 aromatic heterocycles. The van der Waals surface area contributed by atoms with Crippen LogP contribution >= 0.6 is 11.6 Å². The lowest BCUT2D eigenvalue weighted by Crippen LogP contribution is -2.56. The van der Waals surface area contributed by atoms with Gasteiger partial charge >= 0.3 is 11.9 Å². The molecule has 0 amide bonds. The summed E-state index contributed by atoms with van der Waals surface area (Å²) in [6.07, 6.45) is -0.0559. The number of hydrogen-bond acceptors (Lipinski definition) is 8. The molecule has 2 aromatic rings. The van der Waals surface area contributed by atoms with Crippen molar-refractivity contribution < 1.29 is 41.5 Å². The summed E-state index contributed by atoms with van der Waals surface area (Å²) in [5.74, 6) is -2.05. The number of aliphatic carboxylic acids is 1. The number of carboxylic acids is 1. The standard InChI is InChI=1S/C30H41ClO9S/c1-28(2,22-37-20-24-12-7-5-8-13-24)27(34)38-18-16-30(26(32)33,39-21-25-14-9-6-10-15-25)29(3,4)23-40-41(35,36)19-11-17-31/h5-10,12-15H,11,16-23H2,1-4H3,(H,32,33)/t30-/m0/s1. The minimum atomic E-state index is -3.94. The molecular formula is C30H41ClO9S. The Morgan fingerprint density at radius 2 is 1.44 bits per heavy atom. The molecule has 2 rings (SSSR count). The highest BCUT2D eigenvalue weighted by molar-refractivity contribution is 7.86. The molecular weight excluding hydrogens is 572 g/mol. The van der Waals surface area contributed by atoms with Crippen molar-refractivity contribution in [3.63, 3.8) is 0 Å². The van der Waals surface area contributed by atoms with Gasteiger partial charge in [-0.05, 0) is 31.4 Å². The van der Waals surface area contributed by atoms with E-state index in [1.54, 1.807) is 52.0 Å². The van der Waals surface area contributed by atoms with E-state index in [9.17, 15) is 23.1 Å². The first-order valence-electron chi connectivity index (χ1n) is 13.4. The Labute approximate surface area is 248 Å². The summed E-state index contributed by atoms with van der Waals surface area (Å²) in [6, 6.07) is 18.5. The lowest BCUT2D eigenvalue weighted by atomic mass is 9.73. The number of ether oxygens (including phenoxy) is 3. The molecule has 0 spiro atoms. The maximum atomic E-state index is 12.9. The van der Waals surface area contributed by atoms with E-state index in [2.05, 4.69) is 0 Å². The maximum Gasteiger partial charge on any atom is 0.336 e. The highest BCUT2D eigenvalue weighted by atomic mass is 35.5. The molecule has 0 saturated heterocycles. The zero-order valence-electron chi connectivity index (χ0n) is 24.1. The molecule has 0 aliphatic rings. The van der Waals surface area contributed by atoms with Gasteiger partial charge in [0, 0.05) is 17.7 Å². The van der Waals surface area contributed by atoms with Crippen molar-refractivity contribution in [2.24, 2.45) is 10.8 Å². The van der Waals surface area contributed by atoms with E-state index in [1.165, 1.54) is 0 Å². The Hall–Kier alpha value is -2.50. The van der Waals surface area contributed by atoms with Gasteiger partial charge in [-0.25, -0.2) is 4.79 Å². The second-order valence-corrected chi connectivity index (χ2v) is 13.2. The van der Waals surface area contributed by atoms with Gasteiger partial charge in [0.1, 0.15) is 0 Å². The van der Waals surface area contributed by atoms with E-state index < -0.39 is 45.1 Å². The zero-order chi connectivity index (χ0) is 30.6. The van der Waals surface area contributed by atoms with Gasteiger partial charge in [-0.15, -0.1) is 11.6 Å². The molecule has 0 radical (unpaired) electrons. The third kappa shape index (κ3) is 10.7. The van der Waals surface area contributed by atoms with Crippen molar-refractivity contribution in [3.8, 4) is 0 Å². The fourth-order valence-electron chi connectivity index (χ4n) is 4.03. The molecule has 0 fully saturated rings. The summed E-state index contributed by atoms with van der Waals surface area (Å²) in [4.78, 5) is 25.8. The molecule has 2 aromatic carbocycles. The fourth-order valence-corrected chi connectivity index (χ4v) is 5.41. The van der Waals surface area contributed by atoms with Gasteiger partial charge < -0.3 is 19.3 Å². The van der Waals surface area contributed by atoms with Crippen LogP contribution in [0.5, 0.6) is 0 Å². The lowest BCUT2D eigenvalue weighted by molar-refractivity contribution is -0.198. The number of carbonyl (C=O) groups is 2. The number of esters is 1. The van der Waals surface area contributed by atoms with E-state index in [1.807, 2.05) is 36.4 Å². The van der Waals surface area contributed by atoms with E-state index >= 15 is 0 Å². The van der Waals surface area contributed by atoms with Crippen molar-refractivity contribution in [2.45, 2.75) is 59.4 Å². The third-order valence-corrected chi connectivity index (χ3v) is 8.24. The Kier molecular flexibility index (Phi) is 13.2.